The Morgan fingerprint density at radius 2 is 1.41 bits per heavy atom. The van der Waals surface area contributed by atoms with Crippen molar-refractivity contribution in [2.24, 2.45) is 5.92 Å². The molecule has 284 valence electrons. The number of benzene rings is 6. The van der Waals surface area contributed by atoms with Gasteiger partial charge in [0.25, 0.3) is 0 Å². The van der Waals surface area contributed by atoms with Crippen LogP contribution < -0.4 is 10.4 Å². The molecule has 0 aliphatic heterocycles. The molecule has 59 heavy (non-hydrogen) atoms. The number of hydrogen-bond donors (Lipinski definition) is 0. The molecule has 0 radical (unpaired) electrons. The average Bonchev–Trinajstić information content (AvgIpc) is 3.68. The van der Waals surface area contributed by atoms with E-state index < -0.39 is 0 Å². The van der Waals surface area contributed by atoms with E-state index in [1.54, 1.807) is 0 Å². The van der Waals surface area contributed by atoms with Gasteiger partial charge in [0.05, 0.1) is 11.0 Å². The van der Waals surface area contributed by atoms with Crippen molar-refractivity contribution in [3.63, 3.8) is 0 Å². The van der Waals surface area contributed by atoms with Gasteiger partial charge in [-0.05, 0) is 116 Å². The van der Waals surface area contributed by atoms with E-state index in [9.17, 15) is 0 Å². The number of rotatable bonds is 9. The highest BCUT2D eigenvalue weighted by molar-refractivity contribution is 5.89. The standard InChI is InChI=1S/C57H46N2/c1-41-31-34-49(57-58-55-28-15-16-29-56(55)59(57)50-24-9-6-10-25-50)39-46(41)23-17-20-44-33-37-53-51(42(2)30-32-43-18-7-5-8-19-43)26-11-3-4-12-27-52(54(53)38-44)48-36-35-45-21-13-14-22-47(45)40-48/h5-22,24-40,46H,1-4,23H2/b20-17+,26-11+,27-12+,32-30-,53-51+,54-52+. The summed E-state index contributed by atoms with van der Waals surface area (Å²) in [6.45, 7) is 9.07. The molecule has 2 aliphatic carbocycles. The van der Waals surface area contributed by atoms with Crippen LogP contribution in [0, 0.1) is 5.92 Å². The lowest BCUT2D eigenvalue weighted by atomic mass is 9.88. The third-order valence-electron chi connectivity index (χ3n) is 11.2. The molecule has 0 spiro atoms. The number of para-hydroxylation sites is 3. The van der Waals surface area contributed by atoms with Crippen molar-refractivity contribution in [3.05, 3.63) is 258 Å². The fourth-order valence-electron chi connectivity index (χ4n) is 8.11. The van der Waals surface area contributed by atoms with Gasteiger partial charge in [-0.15, -0.1) is 0 Å². The highest BCUT2D eigenvalue weighted by Crippen LogP contribution is 2.33. The Morgan fingerprint density at radius 3 is 2.25 bits per heavy atom. The Balaban J connectivity index is 1.12. The zero-order chi connectivity index (χ0) is 40.0. The van der Waals surface area contributed by atoms with Gasteiger partial charge in [0.2, 0.25) is 0 Å². The normalized spacial score (nSPS) is 18.6. The van der Waals surface area contributed by atoms with Crippen LogP contribution in [0.2, 0.25) is 0 Å². The molecule has 2 heteroatoms. The van der Waals surface area contributed by atoms with Crippen molar-refractivity contribution < 1.29 is 0 Å². The van der Waals surface area contributed by atoms with Crippen LogP contribution in [-0.4, -0.2) is 9.55 Å². The second-order valence-corrected chi connectivity index (χ2v) is 15.2. The van der Waals surface area contributed by atoms with Crippen LogP contribution in [-0.2, 0) is 0 Å². The fraction of sp³-hybridized carbons (Fsp3) is 0.0702. The molecule has 0 saturated carbocycles. The van der Waals surface area contributed by atoms with E-state index in [4.69, 9.17) is 4.98 Å². The molecule has 0 bridgehead atoms. The Bertz CT molecular complexity index is 3030. The highest BCUT2D eigenvalue weighted by atomic mass is 15.1. The maximum atomic E-state index is 5.13. The molecule has 0 N–H and O–H groups in total. The molecule has 7 aromatic rings. The van der Waals surface area contributed by atoms with Crippen molar-refractivity contribution in [2.45, 2.75) is 19.3 Å². The maximum absolute atomic E-state index is 5.13. The van der Waals surface area contributed by atoms with Gasteiger partial charge in [-0.3, -0.25) is 4.57 Å². The zero-order valence-electron chi connectivity index (χ0n) is 33.2. The summed E-state index contributed by atoms with van der Waals surface area (Å²) < 4.78 is 2.26. The fourth-order valence-corrected chi connectivity index (χ4v) is 8.11. The first kappa shape index (κ1) is 37.3. The topological polar surface area (TPSA) is 17.8 Å². The van der Waals surface area contributed by atoms with Gasteiger partial charge in [-0.2, -0.15) is 0 Å². The Labute approximate surface area is 347 Å². The molecule has 1 atom stereocenters. The Kier molecular flexibility index (Phi) is 10.8. The van der Waals surface area contributed by atoms with Crippen molar-refractivity contribution >= 4 is 50.7 Å². The van der Waals surface area contributed by atoms with E-state index in [2.05, 4.69) is 224 Å². The molecule has 1 aromatic heterocycles. The molecule has 9 rings (SSSR count). The smallest absolute Gasteiger partial charge is 0.145 e. The van der Waals surface area contributed by atoms with E-state index >= 15 is 0 Å². The summed E-state index contributed by atoms with van der Waals surface area (Å²) in [4.78, 5) is 5.13. The summed E-state index contributed by atoms with van der Waals surface area (Å²) in [5.74, 6) is 1.08. The van der Waals surface area contributed by atoms with Crippen LogP contribution >= 0.6 is 0 Å². The molecule has 2 aliphatic rings. The minimum Gasteiger partial charge on any atom is -0.292 e. The van der Waals surface area contributed by atoms with Crippen LogP contribution in [0.3, 0.4) is 0 Å². The number of hydrogen-bond acceptors (Lipinski definition) is 1. The van der Waals surface area contributed by atoms with Crippen LogP contribution in [0.1, 0.15) is 41.8 Å². The molecule has 0 amide bonds. The quantitative estimate of drug-likeness (QED) is 0.134. The molecular weight excluding hydrogens is 713 g/mol. The Morgan fingerprint density at radius 1 is 0.661 bits per heavy atom. The average molecular weight is 759 g/mol. The zero-order valence-corrected chi connectivity index (χ0v) is 33.2. The van der Waals surface area contributed by atoms with Gasteiger partial charge in [-0.25, -0.2) is 4.98 Å². The van der Waals surface area contributed by atoms with E-state index in [1.165, 1.54) is 27.1 Å². The molecule has 2 nitrogen and oxygen atoms in total. The molecule has 0 saturated heterocycles. The van der Waals surface area contributed by atoms with Crippen molar-refractivity contribution in [3.8, 4) is 5.69 Å². The lowest BCUT2D eigenvalue weighted by Crippen LogP contribution is -2.30. The Hall–Kier alpha value is -7.29. The monoisotopic (exact) mass is 758 g/mol. The first-order valence-corrected chi connectivity index (χ1v) is 20.5. The van der Waals surface area contributed by atoms with Crippen LogP contribution in [0.25, 0.3) is 56.4 Å². The van der Waals surface area contributed by atoms with Crippen LogP contribution in [0.5, 0.6) is 0 Å². The van der Waals surface area contributed by atoms with Gasteiger partial charge in [-0.1, -0.05) is 189 Å². The minimum atomic E-state index is 0.138. The van der Waals surface area contributed by atoms with E-state index in [-0.39, 0.29) is 5.92 Å². The predicted molar refractivity (Wildman–Crippen MR) is 252 cm³/mol. The number of fused-ring (bicyclic) bond motifs is 3. The number of aromatic nitrogens is 2. The van der Waals surface area contributed by atoms with E-state index in [0.29, 0.717) is 0 Å². The van der Waals surface area contributed by atoms with Crippen molar-refractivity contribution in [2.75, 3.05) is 0 Å². The van der Waals surface area contributed by atoms with E-state index in [1.807, 2.05) is 6.07 Å². The first-order valence-electron chi connectivity index (χ1n) is 20.5. The number of allylic oxidation sites excluding steroid dienone is 12. The molecule has 1 heterocycles. The lowest BCUT2D eigenvalue weighted by Gasteiger charge is -2.19. The summed E-state index contributed by atoms with van der Waals surface area (Å²) in [5.41, 5.74) is 12.2. The molecular formula is C57H46N2. The van der Waals surface area contributed by atoms with Crippen LogP contribution in [0.4, 0.5) is 0 Å². The van der Waals surface area contributed by atoms with Gasteiger partial charge in [0.15, 0.2) is 0 Å². The number of nitrogens with zero attached hydrogens (tertiary/aromatic N) is 2. The largest absolute Gasteiger partial charge is 0.292 e. The number of imidazole rings is 1. The lowest BCUT2D eigenvalue weighted by molar-refractivity contribution is 0.796. The van der Waals surface area contributed by atoms with Crippen LogP contribution in [0.15, 0.2) is 225 Å². The van der Waals surface area contributed by atoms with Gasteiger partial charge in [0.1, 0.15) is 5.82 Å². The van der Waals surface area contributed by atoms with E-state index in [0.717, 1.165) is 80.4 Å². The van der Waals surface area contributed by atoms with Crippen molar-refractivity contribution in [1.29, 1.82) is 0 Å². The molecule has 1 unspecified atom stereocenters. The minimum absolute atomic E-state index is 0.138. The summed E-state index contributed by atoms with van der Waals surface area (Å²) in [6, 6.07) is 51.6. The highest BCUT2D eigenvalue weighted by Gasteiger charge is 2.19. The summed E-state index contributed by atoms with van der Waals surface area (Å²) in [6.07, 6.45) is 27.4. The molecule has 6 aromatic carbocycles. The van der Waals surface area contributed by atoms with Crippen molar-refractivity contribution in [1.82, 2.24) is 9.55 Å². The SMILES string of the molecule is C=C(/C=C\c1ccccc1)C1=c2\ccc(/C=C/CC3C=C(c4nc5ccccc5n4-c4ccccc4)C=CC3=C)c\c2=C(c2ccc3ccccc3c2)\C=C\CC\C=C\1. The van der Waals surface area contributed by atoms with Gasteiger partial charge >= 0.3 is 0 Å². The maximum Gasteiger partial charge on any atom is 0.145 e. The summed E-state index contributed by atoms with van der Waals surface area (Å²) in [7, 11) is 0. The first-order chi connectivity index (χ1) is 29.1. The summed E-state index contributed by atoms with van der Waals surface area (Å²) >= 11 is 0. The third kappa shape index (κ3) is 8.12. The predicted octanol–water partition coefficient (Wildman–Crippen LogP) is 12.9. The second kappa shape index (κ2) is 17.1. The molecule has 0 fully saturated rings. The van der Waals surface area contributed by atoms with Gasteiger partial charge < -0.3 is 0 Å². The second-order valence-electron chi connectivity index (χ2n) is 15.2. The van der Waals surface area contributed by atoms with Gasteiger partial charge in [0, 0.05) is 17.2 Å². The summed E-state index contributed by atoms with van der Waals surface area (Å²) in [5, 5.41) is 4.81. The third-order valence-corrected chi connectivity index (χ3v) is 11.2.